The van der Waals surface area contributed by atoms with Crippen LogP contribution < -0.4 is 5.43 Å². The summed E-state index contributed by atoms with van der Waals surface area (Å²) in [6, 6.07) is 6.89. The summed E-state index contributed by atoms with van der Waals surface area (Å²) in [6.45, 7) is 0. The third-order valence-corrected chi connectivity index (χ3v) is 5.66. The molecule has 2 amide bonds. The molecule has 1 saturated heterocycles. The van der Waals surface area contributed by atoms with E-state index in [2.05, 4.69) is 5.43 Å². The number of amides is 2. The van der Waals surface area contributed by atoms with Gasteiger partial charge < -0.3 is 0 Å². The first-order chi connectivity index (χ1) is 12.1. The molecule has 1 aliphatic heterocycles. The molecule has 1 aliphatic carbocycles. The Labute approximate surface area is 155 Å². The molecule has 5 nitrogen and oxygen atoms in total. The third kappa shape index (κ3) is 4.16. The van der Waals surface area contributed by atoms with Crippen LogP contribution in [0.1, 0.15) is 48.0 Å². The van der Waals surface area contributed by atoms with Gasteiger partial charge >= 0.3 is 0 Å². The Morgan fingerprint density at radius 2 is 1.80 bits per heavy atom. The zero-order valence-corrected chi connectivity index (χ0v) is 15.2. The largest absolute Gasteiger partial charge is 0.298 e. The average Bonchev–Trinajstić information content (AvgIpc) is 2.90. The molecule has 1 aromatic carbocycles. The van der Waals surface area contributed by atoms with E-state index in [9.17, 15) is 14.4 Å². The second kappa shape index (κ2) is 7.93. The number of carbonyl (C=O) groups is 3. The van der Waals surface area contributed by atoms with Gasteiger partial charge in [0.05, 0.1) is 4.91 Å². The van der Waals surface area contributed by atoms with Gasteiger partial charge in [-0.25, -0.2) is 0 Å². The van der Waals surface area contributed by atoms with Gasteiger partial charge in [0.15, 0.2) is 4.32 Å². The van der Waals surface area contributed by atoms with E-state index in [1.807, 2.05) is 0 Å². The molecular formula is C18H18N2O3S2. The molecule has 25 heavy (non-hydrogen) atoms. The second-order valence-electron chi connectivity index (χ2n) is 6.11. The highest BCUT2D eigenvalue weighted by atomic mass is 32.2. The Morgan fingerprint density at radius 1 is 1.16 bits per heavy atom. The van der Waals surface area contributed by atoms with Gasteiger partial charge in [-0.1, -0.05) is 55.3 Å². The number of aldehydes is 1. The molecule has 2 fully saturated rings. The Morgan fingerprint density at radius 3 is 2.44 bits per heavy atom. The van der Waals surface area contributed by atoms with Gasteiger partial charge in [0.25, 0.3) is 5.91 Å². The number of nitrogens with one attached hydrogen (secondary N) is 1. The maximum Gasteiger partial charge on any atom is 0.285 e. The molecule has 1 saturated carbocycles. The van der Waals surface area contributed by atoms with E-state index in [-0.39, 0.29) is 17.7 Å². The zero-order chi connectivity index (χ0) is 17.8. The van der Waals surface area contributed by atoms with Crippen LogP contribution in [0.25, 0.3) is 6.08 Å². The third-order valence-electron chi connectivity index (χ3n) is 4.36. The fourth-order valence-electron chi connectivity index (χ4n) is 2.95. The predicted molar refractivity (Wildman–Crippen MR) is 102 cm³/mol. The van der Waals surface area contributed by atoms with Crippen molar-refractivity contribution in [3.8, 4) is 0 Å². The van der Waals surface area contributed by atoms with Crippen molar-refractivity contribution in [2.45, 2.75) is 32.1 Å². The van der Waals surface area contributed by atoms with E-state index >= 15 is 0 Å². The van der Waals surface area contributed by atoms with Gasteiger partial charge in [0.1, 0.15) is 6.29 Å². The molecule has 2 aliphatic rings. The molecule has 0 radical (unpaired) electrons. The van der Waals surface area contributed by atoms with Crippen LogP contribution in [-0.4, -0.2) is 27.4 Å². The molecule has 130 valence electrons. The van der Waals surface area contributed by atoms with Crippen LogP contribution in [0, 0.1) is 5.92 Å². The van der Waals surface area contributed by atoms with Crippen LogP contribution in [-0.2, 0) is 9.59 Å². The summed E-state index contributed by atoms with van der Waals surface area (Å²) in [5.41, 5.74) is 4.05. The number of hydrogen-bond donors (Lipinski definition) is 1. The minimum atomic E-state index is -0.321. The lowest BCUT2D eigenvalue weighted by atomic mass is 9.89. The monoisotopic (exact) mass is 374 g/mol. The topological polar surface area (TPSA) is 66.5 Å². The molecule has 0 unspecified atom stereocenters. The minimum absolute atomic E-state index is 0.0433. The Kier molecular flexibility index (Phi) is 5.65. The molecule has 0 bridgehead atoms. The number of thiocarbonyl (C=S) groups is 1. The van der Waals surface area contributed by atoms with Crippen molar-refractivity contribution in [3.63, 3.8) is 0 Å². The smallest absolute Gasteiger partial charge is 0.285 e. The average molecular weight is 374 g/mol. The molecule has 3 rings (SSSR count). The first-order valence-corrected chi connectivity index (χ1v) is 9.44. The summed E-state index contributed by atoms with van der Waals surface area (Å²) in [6.07, 6.45) is 7.46. The fourth-order valence-corrected chi connectivity index (χ4v) is 4.13. The van der Waals surface area contributed by atoms with Crippen molar-refractivity contribution in [1.82, 2.24) is 10.4 Å². The predicted octanol–water partition coefficient (Wildman–Crippen LogP) is 3.31. The highest BCUT2D eigenvalue weighted by Gasteiger charge is 2.35. The summed E-state index contributed by atoms with van der Waals surface area (Å²) in [4.78, 5) is 36.0. The summed E-state index contributed by atoms with van der Waals surface area (Å²) >= 11 is 6.40. The van der Waals surface area contributed by atoms with Crippen molar-refractivity contribution in [2.75, 3.05) is 0 Å². The molecule has 0 spiro atoms. The molecule has 0 aromatic heterocycles. The number of rotatable bonds is 4. The van der Waals surface area contributed by atoms with Crippen LogP contribution in [0.15, 0.2) is 29.2 Å². The number of benzene rings is 1. The lowest BCUT2D eigenvalue weighted by Crippen LogP contribution is -2.47. The lowest BCUT2D eigenvalue weighted by molar-refractivity contribution is -0.136. The summed E-state index contributed by atoms with van der Waals surface area (Å²) < 4.78 is 0.324. The highest BCUT2D eigenvalue weighted by molar-refractivity contribution is 8.26. The van der Waals surface area contributed by atoms with Crippen LogP contribution >= 0.6 is 24.0 Å². The maximum absolute atomic E-state index is 12.5. The van der Waals surface area contributed by atoms with Crippen molar-refractivity contribution in [1.29, 1.82) is 0 Å². The van der Waals surface area contributed by atoms with Gasteiger partial charge in [-0.2, -0.15) is 5.01 Å². The van der Waals surface area contributed by atoms with Crippen LogP contribution in [0.3, 0.4) is 0 Å². The van der Waals surface area contributed by atoms with E-state index < -0.39 is 0 Å². The SMILES string of the molecule is O=Cc1ccc(C=C2SC(=S)N(NC(=O)C3CCCCC3)C2=O)cc1. The number of nitrogens with zero attached hydrogens (tertiary/aromatic N) is 1. The standard InChI is InChI=1S/C18H18N2O3S2/c21-11-13-8-6-12(7-9-13)10-15-17(23)20(18(24)25-15)19-16(22)14-4-2-1-3-5-14/h6-11,14H,1-5H2,(H,19,22). The molecule has 1 heterocycles. The molecule has 0 atom stereocenters. The van der Waals surface area contributed by atoms with Crippen LogP contribution in [0.4, 0.5) is 0 Å². The Bertz CT molecular complexity index is 737. The number of hydrogen-bond acceptors (Lipinski definition) is 5. The van der Waals surface area contributed by atoms with Gasteiger partial charge in [0.2, 0.25) is 5.91 Å². The normalized spacial score (nSPS) is 20.2. The van der Waals surface area contributed by atoms with E-state index in [0.29, 0.717) is 14.8 Å². The number of hydrazine groups is 1. The van der Waals surface area contributed by atoms with E-state index in [1.54, 1.807) is 30.3 Å². The maximum atomic E-state index is 12.5. The van der Waals surface area contributed by atoms with Crippen LogP contribution in [0.5, 0.6) is 0 Å². The molecule has 1 aromatic rings. The van der Waals surface area contributed by atoms with Crippen molar-refractivity contribution in [2.24, 2.45) is 5.92 Å². The minimum Gasteiger partial charge on any atom is -0.298 e. The van der Waals surface area contributed by atoms with Crippen molar-refractivity contribution < 1.29 is 14.4 Å². The van der Waals surface area contributed by atoms with E-state index in [4.69, 9.17) is 12.2 Å². The highest BCUT2D eigenvalue weighted by Crippen LogP contribution is 2.32. The Balaban J connectivity index is 1.69. The quantitative estimate of drug-likeness (QED) is 0.498. The molecular weight excluding hydrogens is 356 g/mol. The Hall–Kier alpha value is -1.99. The van der Waals surface area contributed by atoms with E-state index in [0.717, 1.165) is 55.7 Å². The zero-order valence-electron chi connectivity index (χ0n) is 13.6. The van der Waals surface area contributed by atoms with Crippen LogP contribution in [0.2, 0.25) is 0 Å². The molecule has 1 N–H and O–H groups in total. The number of thioether (sulfide) groups is 1. The van der Waals surface area contributed by atoms with Crippen molar-refractivity contribution >= 4 is 52.5 Å². The molecule has 7 heteroatoms. The first-order valence-electron chi connectivity index (χ1n) is 8.22. The number of carbonyl (C=O) groups excluding carboxylic acids is 3. The lowest BCUT2D eigenvalue weighted by Gasteiger charge is -2.23. The van der Waals surface area contributed by atoms with Gasteiger partial charge in [-0.15, -0.1) is 0 Å². The summed E-state index contributed by atoms with van der Waals surface area (Å²) in [5.74, 6) is -0.496. The summed E-state index contributed by atoms with van der Waals surface area (Å²) in [7, 11) is 0. The first kappa shape index (κ1) is 17.8. The van der Waals surface area contributed by atoms with Crippen molar-refractivity contribution in [3.05, 3.63) is 40.3 Å². The summed E-state index contributed by atoms with van der Waals surface area (Å²) in [5, 5.41) is 1.17. The van der Waals surface area contributed by atoms with Gasteiger partial charge in [0, 0.05) is 11.5 Å². The van der Waals surface area contributed by atoms with E-state index in [1.165, 1.54) is 5.01 Å². The van der Waals surface area contributed by atoms with Gasteiger partial charge in [-0.05, 0) is 36.7 Å². The fraction of sp³-hybridized carbons (Fsp3) is 0.333. The second-order valence-corrected chi connectivity index (χ2v) is 7.79. The van der Waals surface area contributed by atoms with Gasteiger partial charge in [-0.3, -0.25) is 19.8 Å².